The van der Waals surface area contributed by atoms with Crippen LogP contribution in [0.1, 0.15) is 15.9 Å². The van der Waals surface area contributed by atoms with Crippen molar-refractivity contribution in [3.63, 3.8) is 0 Å². The smallest absolute Gasteiger partial charge is 0.253 e. The van der Waals surface area contributed by atoms with Crippen LogP contribution in [0, 0.1) is 5.82 Å². The maximum absolute atomic E-state index is 13.2. The van der Waals surface area contributed by atoms with Gasteiger partial charge in [0.05, 0.1) is 10.6 Å². The molecule has 0 spiro atoms. The SMILES string of the molecule is Nc1ccc(CNC(=O)c2cccc(F)c2Cl)cc1. The molecule has 0 aliphatic rings. The summed E-state index contributed by atoms with van der Waals surface area (Å²) in [5.74, 6) is -1.02. The summed E-state index contributed by atoms with van der Waals surface area (Å²) in [5, 5.41) is 2.50. The van der Waals surface area contributed by atoms with Gasteiger partial charge < -0.3 is 11.1 Å². The van der Waals surface area contributed by atoms with Gasteiger partial charge >= 0.3 is 0 Å². The maximum Gasteiger partial charge on any atom is 0.253 e. The van der Waals surface area contributed by atoms with E-state index < -0.39 is 11.7 Å². The fourth-order valence-electron chi connectivity index (χ4n) is 1.59. The fourth-order valence-corrected chi connectivity index (χ4v) is 1.80. The van der Waals surface area contributed by atoms with Crippen molar-refractivity contribution < 1.29 is 9.18 Å². The number of nitrogens with two attached hydrogens (primary N) is 1. The Balaban J connectivity index is 2.05. The second-order valence-corrected chi connectivity index (χ2v) is 4.40. The Bertz CT molecular complexity index is 599. The molecule has 0 fully saturated rings. The summed E-state index contributed by atoms with van der Waals surface area (Å²) in [6, 6.07) is 11.2. The predicted octanol–water partition coefficient (Wildman–Crippen LogP) is 2.99. The molecular formula is C14H12ClFN2O. The van der Waals surface area contributed by atoms with Crippen LogP contribution in [-0.4, -0.2) is 5.91 Å². The molecule has 2 aromatic rings. The maximum atomic E-state index is 13.2. The summed E-state index contributed by atoms with van der Waals surface area (Å²) in [5.41, 5.74) is 7.24. The summed E-state index contributed by atoms with van der Waals surface area (Å²) in [6.07, 6.45) is 0. The molecular weight excluding hydrogens is 267 g/mol. The highest BCUT2D eigenvalue weighted by Gasteiger charge is 2.12. The number of hydrogen-bond acceptors (Lipinski definition) is 2. The molecule has 0 aromatic heterocycles. The van der Waals surface area contributed by atoms with Crippen molar-refractivity contribution in [2.45, 2.75) is 6.54 Å². The molecule has 0 radical (unpaired) electrons. The van der Waals surface area contributed by atoms with Crippen molar-refractivity contribution in [2.24, 2.45) is 0 Å². The molecule has 19 heavy (non-hydrogen) atoms. The molecule has 98 valence electrons. The first kappa shape index (κ1) is 13.4. The fraction of sp³-hybridized carbons (Fsp3) is 0.0714. The van der Waals surface area contributed by atoms with Crippen molar-refractivity contribution in [3.8, 4) is 0 Å². The van der Waals surface area contributed by atoms with Gasteiger partial charge in [0, 0.05) is 12.2 Å². The number of anilines is 1. The normalized spacial score (nSPS) is 10.2. The highest BCUT2D eigenvalue weighted by atomic mass is 35.5. The van der Waals surface area contributed by atoms with E-state index in [0.717, 1.165) is 5.56 Å². The lowest BCUT2D eigenvalue weighted by molar-refractivity contribution is 0.0950. The van der Waals surface area contributed by atoms with Crippen molar-refractivity contribution >= 4 is 23.2 Å². The Labute approximate surface area is 115 Å². The molecule has 0 bridgehead atoms. The van der Waals surface area contributed by atoms with E-state index in [-0.39, 0.29) is 10.6 Å². The van der Waals surface area contributed by atoms with E-state index in [4.69, 9.17) is 17.3 Å². The number of carbonyl (C=O) groups is 1. The van der Waals surface area contributed by atoms with E-state index in [1.807, 2.05) is 12.1 Å². The minimum absolute atomic E-state index is 0.122. The Morgan fingerprint density at radius 1 is 1.21 bits per heavy atom. The number of halogens is 2. The Kier molecular flexibility index (Phi) is 4.02. The summed E-state index contributed by atoms with van der Waals surface area (Å²) < 4.78 is 13.2. The zero-order chi connectivity index (χ0) is 13.8. The van der Waals surface area contributed by atoms with Crippen LogP contribution in [0.25, 0.3) is 0 Å². The third kappa shape index (κ3) is 3.23. The van der Waals surface area contributed by atoms with Gasteiger partial charge in [-0.15, -0.1) is 0 Å². The van der Waals surface area contributed by atoms with E-state index in [1.165, 1.54) is 18.2 Å². The third-order valence-electron chi connectivity index (χ3n) is 2.63. The number of nitrogen functional groups attached to an aromatic ring is 1. The van der Waals surface area contributed by atoms with E-state index in [2.05, 4.69) is 5.32 Å². The summed E-state index contributed by atoms with van der Waals surface area (Å²) >= 11 is 5.74. The average Bonchev–Trinajstić information content (AvgIpc) is 2.41. The monoisotopic (exact) mass is 278 g/mol. The first-order chi connectivity index (χ1) is 9.08. The van der Waals surface area contributed by atoms with Gasteiger partial charge in [0.2, 0.25) is 0 Å². The Morgan fingerprint density at radius 2 is 1.89 bits per heavy atom. The van der Waals surface area contributed by atoms with Crippen molar-refractivity contribution in [3.05, 3.63) is 64.4 Å². The predicted molar refractivity (Wildman–Crippen MR) is 73.4 cm³/mol. The summed E-state index contributed by atoms with van der Waals surface area (Å²) in [7, 11) is 0. The van der Waals surface area contributed by atoms with Crippen LogP contribution < -0.4 is 11.1 Å². The second-order valence-electron chi connectivity index (χ2n) is 4.03. The standard InChI is InChI=1S/C14H12ClFN2O/c15-13-11(2-1-3-12(13)16)14(19)18-8-9-4-6-10(17)7-5-9/h1-7H,8,17H2,(H,18,19). The molecule has 0 unspecified atom stereocenters. The molecule has 2 rings (SSSR count). The third-order valence-corrected chi connectivity index (χ3v) is 3.01. The van der Waals surface area contributed by atoms with Gasteiger partial charge in [-0.25, -0.2) is 4.39 Å². The van der Waals surface area contributed by atoms with Gasteiger partial charge in [-0.1, -0.05) is 29.8 Å². The molecule has 5 heteroatoms. The van der Waals surface area contributed by atoms with Crippen LogP contribution in [0.4, 0.5) is 10.1 Å². The number of hydrogen-bond donors (Lipinski definition) is 2. The minimum atomic E-state index is -0.609. The molecule has 0 saturated heterocycles. The van der Waals surface area contributed by atoms with Crippen LogP contribution in [0.15, 0.2) is 42.5 Å². The largest absolute Gasteiger partial charge is 0.399 e. The van der Waals surface area contributed by atoms with Crippen molar-refractivity contribution in [1.82, 2.24) is 5.32 Å². The molecule has 0 heterocycles. The van der Waals surface area contributed by atoms with E-state index in [9.17, 15) is 9.18 Å². The number of rotatable bonds is 3. The molecule has 0 atom stereocenters. The van der Waals surface area contributed by atoms with Gasteiger partial charge in [0.25, 0.3) is 5.91 Å². The van der Waals surface area contributed by atoms with E-state index in [0.29, 0.717) is 12.2 Å². The lowest BCUT2D eigenvalue weighted by Crippen LogP contribution is -2.23. The zero-order valence-corrected chi connectivity index (χ0v) is 10.7. The first-order valence-electron chi connectivity index (χ1n) is 5.64. The number of amides is 1. The molecule has 0 aliphatic carbocycles. The van der Waals surface area contributed by atoms with E-state index in [1.54, 1.807) is 12.1 Å². The molecule has 0 saturated carbocycles. The summed E-state index contributed by atoms with van der Waals surface area (Å²) in [6.45, 7) is 0.325. The highest BCUT2D eigenvalue weighted by Crippen LogP contribution is 2.19. The minimum Gasteiger partial charge on any atom is -0.399 e. The van der Waals surface area contributed by atoms with Crippen LogP contribution in [0.2, 0.25) is 5.02 Å². The van der Waals surface area contributed by atoms with Crippen LogP contribution in [0.5, 0.6) is 0 Å². The van der Waals surface area contributed by atoms with Crippen molar-refractivity contribution in [2.75, 3.05) is 5.73 Å². The lowest BCUT2D eigenvalue weighted by atomic mass is 10.2. The number of benzene rings is 2. The lowest BCUT2D eigenvalue weighted by Gasteiger charge is -2.07. The number of carbonyl (C=O) groups excluding carboxylic acids is 1. The van der Waals surface area contributed by atoms with Crippen molar-refractivity contribution in [1.29, 1.82) is 0 Å². The highest BCUT2D eigenvalue weighted by molar-refractivity contribution is 6.34. The van der Waals surface area contributed by atoms with Crippen LogP contribution >= 0.6 is 11.6 Å². The zero-order valence-electron chi connectivity index (χ0n) is 9.99. The molecule has 3 N–H and O–H groups in total. The van der Waals surface area contributed by atoms with Gasteiger partial charge in [-0.3, -0.25) is 4.79 Å². The topological polar surface area (TPSA) is 55.1 Å². The van der Waals surface area contributed by atoms with Gasteiger partial charge in [0.1, 0.15) is 5.82 Å². The van der Waals surface area contributed by atoms with Crippen LogP contribution in [0.3, 0.4) is 0 Å². The Hall–Kier alpha value is -2.07. The van der Waals surface area contributed by atoms with Gasteiger partial charge in [0.15, 0.2) is 0 Å². The quantitative estimate of drug-likeness (QED) is 0.848. The second kappa shape index (κ2) is 5.71. The summed E-state index contributed by atoms with van der Waals surface area (Å²) in [4.78, 5) is 11.9. The average molecular weight is 279 g/mol. The van der Waals surface area contributed by atoms with Gasteiger partial charge in [-0.05, 0) is 29.8 Å². The van der Waals surface area contributed by atoms with E-state index >= 15 is 0 Å². The van der Waals surface area contributed by atoms with Gasteiger partial charge in [-0.2, -0.15) is 0 Å². The Morgan fingerprint density at radius 3 is 2.58 bits per heavy atom. The molecule has 3 nitrogen and oxygen atoms in total. The molecule has 0 aliphatic heterocycles. The molecule has 1 amide bonds. The van der Waals surface area contributed by atoms with Crippen LogP contribution in [-0.2, 0) is 6.54 Å². The molecule has 2 aromatic carbocycles. The first-order valence-corrected chi connectivity index (χ1v) is 6.02. The number of nitrogens with one attached hydrogen (secondary N) is 1.